The lowest BCUT2D eigenvalue weighted by atomic mass is 10.1. The van der Waals surface area contributed by atoms with Crippen LogP contribution in [0.5, 0.6) is 0 Å². The second-order valence-corrected chi connectivity index (χ2v) is 5.13. The van der Waals surface area contributed by atoms with Crippen LogP contribution in [0, 0.1) is 6.92 Å². The lowest BCUT2D eigenvalue weighted by Gasteiger charge is -2.18. The van der Waals surface area contributed by atoms with Crippen molar-refractivity contribution < 1.29 is 4.79 Å². The first-order chi connectivity index (χ1) is 7.58. The standard InChI is InChI=1S/C12H15BrN2O/c1-8-5-10(13)6-9(12(8)14)7-15-4-2-3-11(15)16/h5-6H,2-4,7,14H2,1H3. The monoisotopic (exact) mass is 282 g/mol. The van der Waals surface area contributed by atoms with E-state index in [2.05, 4.69) is 15.9 Å². The first-order valence-corrected chi connectivity index (χ1v) is 6.19. The maximum absolute atomic E-state index is 11.5. The van der Waals surface area contributed by atoms with E-state index in [-0.39, 0.29) is 5.91 Å². The van der Waals surface area contributed by atoms with Crippen LogP contribution >= 0.6 is 15.9 Å². The van der Waals surface area contributed by atoms with Crippen LogP contribution in [0.1, 0.15) is 24.0 Å². The third-order valence-electron chi connectivity index (χ3n) is 2.97. The molecule has 1 aromatic carbocycles. The van der Waals surface area contributed by atoms with Crippen LogP contribution in [0.3, 0.4) is 0 Å². The van der Waals surface area contributed by atoms with Crippen molar-refractivity contribution in [1.29, 1.82) is 0 Å². The molecule has 4 heteroatoms. The van der Waals surface area contributed by atoms with Crippen molar-refractivity contribution in [2.45, 2.75) is 26.3 Å². The number of nitrogens with zero attached hydrogens (tertiary/aromatic N) is 1. The maximum atomic E-state index is 11.5. The van der Waals surface area contributed by atoms with Gasteiger partial charge in [0.15, 0.2) is 0 Å². The third-order valence-corrected chi connectivity index (χ3v) is 3.43. The molecule has 0 bridgehead atoms. The Bertz CT molecular complexity index is 431. The number of halogens is 1. The summed E-state index contributed by atoms with van der Waals surface area (Å²) in [5.74, 6) is 0.233. The lowest BCUT2D eigenvalue weighted by molar-refractivity contribution is -0.128. The molecule has 1 fully saturated rings. The van der Waals surface area contributed by atoms with Crippen LogP contribution in [0.15, 0.2) is 16.6 Å². The number of rotatable bonds is 2. The number of amides is 1. The Kier molecular flexibility index (Phi) is 3.19. The molecule has 1 amide bonds. The van der Waals surface area contributed by atoms with E-state index in [1.54, 1.807) is 0 Å². The highest BCUT2D eigenvalue weighted by atomic mass is 79.9. The summed E-state index contributed by atoms with van der Waals surface area (Å²) in [4.78, 5) is 13.4. The normalized spacial score (nSPS) is 15.9. The van der Waals surface area contributed by atoms with Gasteiger partial charge < -0.3 is 10.6 Å². The van der Waals surface area contributed by atoms with Gasteiger partial charge in [0.05, 0.1) is 0 Å². The highest BCUT2D eigenvalue weighted by Gasteiger charge is 2.21. The number of hydrogen-bond donors (Lipinski definition) is 1. The average Bonchev–Trinajstić information content (AvgIpc) is 2.60. The molecule has 0 unspecified atom stereocenters. The van der Waals surface area contributed by atoms with Gasteiger partial charge in [-0.05, 0) is 36.6 Å². The van der Waals surface area contributed by atoms with Gasteiger partial charge in [-0.1, -0.05) is 15.9 Å². The summed E-state index contributed by atoms with van der Waals surface area (Å²) in [6.45, 7) is 3.46. The van der Waals surface area contributed by atoms with E-state index in [1.165, 1.54) is 0 Å². The number of nitrogen functional groups attached to an aromatic ring is 1. The molecule has 3 nitrogen and oxygen atoms in total. The Balaban J connectivity index is 2.24. The predicted molar refractivity (Wildman–Crippen MR) is 67.9 cm³/mol. The predicted octanol–water partition coefficient (Wildman–Crippen LogP) is 2.46. The van der Waals surface area contributed by atoms with E-state index in [9.17, 15) is 4.79 Å². The molecule has 1 aromatic rings. The largest absolute Gasteiger partial charge is 0.398 e. The van der Waals surface area contributed by atoms with Crippen molar-refractivity contribution >= 4 is 27.5 Å². The topological polar surface area (TPSA) is 46.3 Å². The molecule has 0 atom stereocenters. The summed E-state index contributed by atoms with van der Waals surface area (Å²) >= 11 is 3.45. The molecule has 0 aliphatic carbocycles. The molecule has 0 saturated carbocycles. The van der Waals surface area contributed by atoms with Gasteiger partial charge in [0.1, 0.15) is 0 Å². The van der Waals surface area contributed by atoms with Crippen LogP contribution in [0.4, 0.5) is 5.69 Å². The molecule has 0 aromatic heterocycles. The van der Waals surface area contributed by atoms with Gasteiger partial charge in [0.25, 0.3) is 0 Å². The zero-order valence-corrected chi connectivity index (χ0v) is 10.9. The second kappa shape index (κ2) is 4.45. The molecule has 1 aliphatic rings. The minimum atomic E-state index is 0.233. The Morgan fingerprint density at radius 1 is 1.50 bits per heavy atom. The van der Waals surface area contributed by atoms with Crippen molar-refractivity contribution in [2.75, 3.05) is 12.3 Å². The van der Waals surface area contributed by atoms with E-state index in [0.717, 1.165) is 34.3 Å². The van der Waals surface area contributed by atoms with Gasteiger partial charge >= 0.3 is 0 Å². The fourth-order valence-electron chi connectivity index (χ4n) is 2.03. The zero-order chi connectivity index (χ0) is 11.7. The van der Waals surface area contributed by atoms with Crippen LogP contribution in [0.2, 0.25) is 0 Å². The smallest absolute Gasteiger partial charge is 0.222 e. The van der Waals surface area contributed by atoms with Crippen molar-refractivity contribution in [3.05, 3.63) is 27.7 Å². The summed E-state index contributed by atoms with van der Waals surface area (Å²) in [5.41, 5.74) is 8.89. The summed E-state index contributed by atoms with van der Waals surface area (Å²) in [5, 5.41) is 0. The molecule has 2 N–H and O–H groups in total. The number of nitrogens with two attached hydrogens (primary N) is 1. The van der Waals surface area contributed by atoms with Gasteiger partial charge in [0.2, 0.25) is 5.91 Å². The SMILES string of the molecule is Cc1cc(Br)cc(CN2CCCC2=O)c1N. The van der Waals surface area contributed by atoms with Crippen molar-refractivity contribution in [3.63, 3.8) is 0 Å². The Hall–Kier alpha value is -1.03. The molecular formula is C12H15BrN2O. The lowest BCUT2D eigenvalue weighted by Crippen LogP contribution is -2.24. The Morgan fingerprint density at radius 2 is 2.25 bits per heavy atom. The molecule has 1 saturated heterocycles. The quantitative estimate of drug-likeness (QED) is 0.847. The van der Waals surface area contributed by atoms with Crippen LogP contribution in [-0.4, -0.2) is 17.4 Å². The molecule has 1 heterocycles. The van der Waals surface area contributed by atoms with Crippen LogP contribution < -0.4 is 5.73 Å². The average molecular weight is 283 g/mol. The number of anilines is 1. The summed E-state index contributed by atoms with van der Waals surface area (Å²) in [7, 11) is 0. The summed E-state index contributed by atoms with van der Waals surface area (Å²) in [6.07, 6.45) is 1.64. The molecule has 0 spiro atoms. The number of benzene rings is 1. The van der Waals surface area contributed by atoms with E-state index in [0.29, 0.717) is 13.0 Å². The molecular weight excluding hydrogens is 268 g/mol. The number of aryl methyl sites for hydroxylation is 1. The van der Waals surface area contributed by atoms with Crippen molar-refractivity contribution in [1.82, 2.24) is 4.90 Å². The van der Waals surface area contributed by atoms with Gasteiger partial charge in [-0.25, -0.2) is 0 Å². The third kappa shape index (κ3) is 2.21. The van der Waals surface area contributed by atoms with Gasteiger partial charge in [-0.15, -0.1) is 0 Å². The fourth-order valence-corrected chi connectivity index (χ4v) is 2.65. The molecule has 0 radical (unpaired) electrons. The minimum absolute atomic E-state index is 0.233. The fraction of sp³-hybridized carbons (Fsp3) is 0.417. The number of hydrogen-bond acceptors (Lipinski definition) is 2. The van der Waals surface area contributed by atoms with E-state index >= 15 is 0 Å². The molecule has 86 valence electrons. The summed E-state index contributed by atoms with van der Waals surface area (Å²) < 4.78 is 1.01. The van der Waals surface area contributed by atoms with E-state index in [4.69, 9.17) is 5.73 Å². The first kappa shape index (κ1) is 11.5. The minimum Gasteiger partial charge on any atom is -0.398 e. The Morgan fingerprint density at radius 3 is 2.88 bits per heavy atom. The first-order valence-electron chi connectivity index (χ1n) is 5.40. The van der Waals surface area contributed by atoms with Gasteiger partial charge in [-0.2, -0.15) is 0 Å². The summed E-state index contributed by atoms with van der Waals surface area (Å²) in [6, 6.07) is 3.98. The van der Waals surface area contributed by atoms with E-state index in [1.807, 2.05) is 24.0 Å². The van der Waals surface area contributed by atoms with Gasteiger partial charge in [0, 0.05) is 29.7 Å². The maximum Gasteiger partial charge on any atom is 0.222 e. The zero-order valence-electron chi connectivity index (χ0n) is 9.29. The van der Waals surface area contributed by atoms with Crippen molar-refractivity contribution in [2.24, 2.45) is 0 Å². The number of carbonyl (C=O) groups is 1. The van der Waals surface area contributed by atoms with Crippen molar-refractivity contribution in [3.8, 4) is 0 Å². The van der Waals surface area contributed by atoms with Gasteiger partial charge in [-0.3, -0.25) is 4.79 Å². The second-order valence-electron chi connectivity index (χ2n) is 4.21. The molecule has 2 rings (SSSR count). The van der Waals surface area contributed by atoms with E-state index < -0.39 is 0 Å². The highest BCUT2D eigenvalue weighted by molar-refractivity contribution is 9.10. The highest BCUT2D eigenvalue weighted by Crippen LogP contribution is 2.25. The van der Waals surface area contributed by atoms with Crippen LogP contribution in [-0.2, 0) is 11.3 Å². The number of likely N-dealkylation sites (tertiary alicyclic amines) is 1. The molecule has 1 aliphatic heterocycles. The van der Waals surface area contributed by atoms with Crippen LogP contribution in [0.25, 0.3) is 0 Å². The Labute approximate surface area is 104 Å². The number of carbonyl (C=O) groups excluding carboxylic acids is 1. The molecule has 16 heavy (non-hydrogen) atoms.